The molecule has 8 nitrogen and oxygen atoms in total. The zero-order valence-corrected chi connectivity index (χ0v) is 17.6. The summed E-state index contributed by atoms with van der Waals surface area (Å²) < 4.78 is 41.7. The lowest BCUT2D eigenvalue weighted by atomic mass is 10.1. The number of nitrogens with one attached hydrogen (secondary N) is 2. The molecule has 0 saturated heterocycles. The summed E-state index contributed by atoms with van der Waals surface area (Å²) in [6, 6.07) is 7.25. The number of ether oxygens (including phenoxy) is 1. The maximum Gasteiger partial charge on any atom is 0.422 e. The van der Waals surface area contributed by atoms with Gasteiger partial charge in [0.2, 0.25) is 0 Å². The van der Waals surface area contributed by atoms with Gasteiger partial charge >= 0.3 is 6.18 Å². The minimum atomic E-state index is -4.61. The Labute approximate surface area is 181 Å². The zero-order valence-electron chi connectivity index (χ0n) is 17.6. The molecule has 0 fully saturated rings. The minimum Gasteiger partial charge on any atom is -0.484 e. The Hall–Kier alpha value is -3.63. The van der Waals surface area contributed by atoms with Crippen LogP contribution < -0.4 is 15.4 Å². The SMILES string of the molecule is Cc1cc(C(=O)NCC(C)C)ccc1NC(=O)c1cc(OCC(F)(F)F)ccc1[N+](=O)[O-]. The fourth-order valence-electron chi connectivity index (χ4n) is 2.64. The number of benzene rings is 2. The third kappa shape index (κ3) is 6.96. The van der Waals surface area contributed by atoms with Crippen LogP contribution in [0.15, 0.2) is 36.4 Å². The number of hydrogen-bond acceptors (Lipinski definition) is 5. The number of carbonyl (C=O) groups excluding carboxylic acids is 2. The molecule has 0 spiro atoms. The van der Waals surface area contributed by atoms with E-state index in [-0.39, 0.29) is 23.3 Å². The number of rotatable bonds is 8. The van der Waals surface area contributed by atoms with Gasteiger partial charge < -0.3 is 15.4 Å². The average molecular weight is 453 g/mol. The molecule has 2 aromatic rings. The van der Waals surface area contributed by atoms with Gasteiger partial charge in [0.15, 0.2) is 6.61 Å². The zero-order chi connectivity index (χ0) is 24.1. The highest BCUT2D eigenvalue weighted by molar-refractivity contribution is 6.08. The van der Waals surface area contributed by atoms with Crippen LogP contribution in [0.3, 0.4) is 0 Å². The number of alkyl halides is 3. The first-order valence-corrected chi connectivity index (χ1v) is 9.55. The van der Waals surface area contributed by atoms with Gasteiger partial charge in [0.05, 0.1) is 4.92 Å². The van der Waals surface area contributed by atoms with Gasteiger partial charge in [-0.2, -0.15) is 13.2 Å². The highest BCUT2D eigenvalue weighted by Gasteiger charge is 2.29. The van der Waals surface area contributed by atoms with Crippen LogP contribution in [0.4, 0.5) is 24.5 Å². The van der Waals surface area contributed by atoms with Gasteiger partial charge in [-0.3, -0.25) is 19.7 Å². The first-order chi connectivity index (χ1) is 14.9. The van der Waals surface area contributed by atoms with Crippen molar-refractivity contribution in [1.82, 2.24) is 5.32 Å². The first-order valence-electron chi connectivity index (χ1n) is 9.55. The highest BCUT2D eigenvalue weighted by atomic mass is 19.4. The third-order valence-electron chi connectivity index (χ3n) is 4.22. The van der Waals surface area contributed by atoms with E-state index in [1.807, 2.05) is 13.8 Å². The van der Waals surface area contributed by atoms with E-state index < -0.39 is 34.9 Å². The predicted molar refractivity (Wildman–Crippen MR) is 111 cm³/mol. The van der Waals surface area contributed by atoms with Crippen LogP contribution in [0.2, 0.25) is 0 Å². The summed E-state index contributed by atoms with van der Waals surface area (Å²) in [6.45, 7) is 4.42. The summed E-state index contributed by atoms with van der Waals surface area (Å²) in [5.41, 5.74) is 0.112. The molecule has 0 radical (unpaired) electrons. The summed E-state index contributed by atoms with van der Waals surface area (Å²) in [5.74, 6) is -1.27. The molecule has 0 aromatic heterocycles. The van der Waals surface area contributed by atoms with Crippen molar-refractivity contribution in [1.29, 1.82) is 0 Å². The Morgan fingerprint density at radius 3 is 2.38 bits per heavy atom. The van der Waals surface area contributed by atoms with Crippen LogP contribution in [0.1, 0.15) is 40.1 Å². The lowest BCUT2D eigenvalue weighted by Gasteiger charge is -2.13. The number of anilines is 1. The van der Waals surface area contributed by atoms with Gasteiger partial charge in [-0.25, -0.2) is 0 Å². The minimum absolute atomic E-state index is 0.269. The predicted octanol–water partition coefficient (Wildman–Crippen LogP) is 4.48. The second-order valence-electron chi connectivity index (χ2n) is 7.43. The third-order valence-corrected chi connectivity index (χ3v) is 4.22. The van der Waals surface area contributed by atoms with Crippen molar-refractivity contribution in [2.75, 3.05) is 18.5 Å². The lowest BCUT2D eigenvalue weighted by molar-refractivity contribution is -0.385. The van der Waals surface area contributed by atoms with Gasteiger partial charge in [-0.1, -0.05) is 13.8 Å². The van der Waals surface area contributed by atoms with E-state index in [0.29, 0.717) is 17.7 Å². The average Bonchev–Trinajstić information content (AvgIpc) is 2.70. The van der Waals surface area contributed by atoms with E-state index in [2.05, 4.69) is 15.4 Å². The van der Waals surface area contributed by atoms with Crippen LogP contribution in [0.5, 0.6) is 5.75 Å². The quantitative estimate of drug-likeness (QED) is 0.452. The van der Waals surface area contributed by atoms with E-state index in [4.69, 9.17) is 0 Å². The van der Waals surface area contributed by atoms with Crippen LogP contribution in [-0.2, 0) is 0 Å². The van der Waals surface area contributed by atoms with Crippen molar-refractivity contribution < 1.29 is 32.4 Å². The summed E-state index contributed by atoms with van der Waals surface area (Å²) >= 11 is 0. The lowest BCUT2D eigenvalue weighted by Crippen LogP contribution is -2.27. The number of halogens is 3. The summed E-state index contributed by atoms with van der Waals surface area (Å²) in [7, 11) is 0. The molecule has 11 heteroatoms. The number of aryl methyl sites for hydroxylation is 1. The Morgan fingerprint density at radius 2 is 1.81 bits per heavy atom. The molecule has 2 amide bonds. The fourth-order valence-corrected chi connectivity index (χ4v) is 2.64. The molecule has 32 heavy (non-hydrogen) atoms. The van der Waals surface area contributed by atoms with Gasteiger partial charge in [0, 0.05) is 23.9 Å². The molecule has 2 rings (SSSR count). The van der Waals surface area contributed by atoms with Gasteiger partial charge in [-0.15, -0.1) is 0 Å². The van der Waals surface area contributed by atoms with Crippen molar-refractivity contribution in [3.05, 3.63) is 63.2 Å². The Kier molecular flexibility index (Phi) is 7.79. The second kappa shape index (κ2) is 10.1. The number of carbonyl (C=O) groups is 2. The monoisotopic (exact) mass is 453 g/mol. The number of nitro benzene ring substituents is 1. The van der Waals surface area contributed by atoms with Gasteiger partial charge in [0.1, 0.15) is 11.3 Å². The molecule has 0 bridgehead atoms. The van der Waals surface area contributed by atoms with Crippen molar-refractivity contribution in [3.63, 3.8) is 0 Å². The molecule has 0 unspecified atom stereocenters. The molecule has 2 N–H and O–H groups in total. The Morgan fingerprint density at radius 1 is 1.12 bits per heavy atom. The number of hydrogen-bond donors (Lipinski definition) is 2. The van der Waals surface area contributed by atoms with Gasteiger partial charge in [-0.05, 0) is 48.7 Å². The molecule has 2 aromatic carbocycles. The highest BCUT2D eigenvalue weighted by Crippen LogP contribution is 2.27. The molecule has 0 atom stereocenters. The van der Waals surface area contributed by atoms with Crippen LogP contribution in [0.25, 0.3) is 0 Å². The maximum atomic E-state index is 12.7. The van der Waals surface area contributed by atoms with E-state index in [1.165, 1.54) is 12.1 Å². The smallest absolute Gasteiger partial charge is 0.422 e. The van der Waals surface area contributed by atoms with Crippen molar-refractivity contribution in [2.45, 2.75) is 26.9 Å². The van der Waals surface area contributed by atoms with E-state index in [1.54, 1.807) is 13.0 Å². The molecule has 0 heterocycles. The second-order valence-corrected chi connectivity index (χ2v) is 7.43. The molecule has 0 aliphatic rings. The normalized spacial score (nSPS) is 11.2. The van der Waals surface area contributed by atoms with Gasteiger partial charge in [0.25, 0.3) is 17.5 Å². The van der Waals surface area contributed by atoms with Crippen LogP contribution in [0, 0.1) is 23.0 Å². The maximum absolute atomic E-state index is 12.7. The van der Waals surface area contributed by atoms with E-state index in [0.717, 1.165) is 18.2 Å². The number of amides is 2. The van der Waals surface area contributed by atoms with Crippen molar-refractivity contribution in [2.24, 2.45) is 5.92 Å². The van der Waals surface area contributed by atoms with Crippen molar-refractivity contribution >= 4 is 23.2 Å². The molecule has 0 aliphatic heterocycles. The fraction of sp³-hybridized carbons (Fsp3) is 0.333. The molecule has 0 aliphatic carbocycles. The topological polar surface area (TPSA) is 111 Å². The van der Waals surface area contributed by atoms with Crippen molar-refractivity contribution in [3.8, 4) is 5.75 Å². The molecule has 172 valence electrons. The molecular weight excluding hydrogens is 431 g/mol. The summed E-state index contributed by atoms with van der Waals surface area (Å²) in [5, 5.41) is 16.5. The Balaban J connectivity index is 2.23. The summed E-state index contributed by atoms with van der Waals surface area (Å²) in [4.78, 5) is 35.3. The standard InChI is InChI=1S/C21H22F3N3O5/c1-12(2)10-25-19(28)14-4-6-17(13(3)8-14)26-20(29)16-9-15(32-11-21(22,23)24)5-7-18(16)27(30)31/h4-9,12H,10-11H2,1-3H3,(H,25,28)(H,26,29). The van der Waals surface area contributed by atoms with Crippen LogP contribution >= 0.6 is 0 Å². The van der Waals surface area contributed by atoms with E-state index in [9.17, 15) is 32.9 Å². The van der Waals surface area contributed by atoms with E-state index >= 15 is 0 Å². The number of nitrogens with zero attached hydrogens (tertiary/aromatic N) is 1. The van der Waals surface area contributed by atoms with Crippen LogP contribution in [-0.4, -0.2) is 36.1 Å². The Bertz CT molecular complexity index is 1020. The molecule has 0 saturated carbocycles. The largest absolute Gasteiger partial charge is 0.484 e. The number of nitro groups is 1. The first kappa shape index (κ1) is 24.6. The summed E-state index contributed by atoms with van der Waals surface area (Å²) in [6.07, 6.45) is -4.61. The molecular formula is C21H22F3N3O5.